The van der Waals surface area contributed by atoms with E-state index in [1.807, 2.05) is 0 Å². The minimum atomic E-state index is -0.647. The minimum absolute atomic E-state index is 0.0946. The lowest BCUT2D eigenvalue weighted by Gasteiger charge is -2.08. The second kappa shape index (κ2) is 5.06. The maximum Gasteiger partial charge on any atom is 0.258 e. The van der Waals surface area contributed by atoms with Crippen molar-refractivity contribution in [3.63, 3.8) is 0 Å². The molecule has 0 saturated heterocycles. The lowest BCUT2D eigenvalue weighted by molar-refractivity contribution is 0.102. The Kier molecular flexibility index (Phi) is 3.46. The van der Waals surface area contributed by atoms with Crippen molar-refractivity contribution in [1.29, 1.82) is 0 Å². The van der Waals surface area contributed by atoms with Crippen molar-refractivity contribution in [2.45, 2.75) is 6.92 Å². The number of carbonyl (C=O) groups is 1. The van der Waals surface area contributed by atoms with Gasteiger partial charge in [-0.25, -0.2) is 8.78 Å². The number of hydrogen-bond acceptors (Lipinski definition) is 2. The number of anilines is 2. The summed E-state index contributed by atoms with van der Waals surface area (Å²) in [4.78, 5) is 11.9. The highest BCUT2D eigenvalue weighted by Gasteiger charge is 2.12. The van der Waals surface area contributed by atoms with E-state index in [1.54, 1.807) is 13.0 Å². The molecular weight excluding hydrogens is 250 g/mol. The second-order valence-electron chi connectivity index (χ2n) is 4.21. The Morgan fingerprint density at radius 1 is 1.16 bits per heavy atom. The number of benzene rings is 2. The number of nitrogens with one attached hydrogen (secondary N) is 1. The Morgan fingerprint density at radius 3 is 2.58 bits per heavy atom. The second-order valence-corrected chi connectivity index (χ2v) is 4.21. The van der Waals surface area contributed by atoms with Gasteiger partial charge < -0.3 is 11.1 Å². The third-order valence-electron chi connectivity index (χ3n) is 2.54. The molecule has 0 fully saturated rings. The average molecular weight is 262 g/mol. The van der Waals surface area contributed by atoms with Crippen LogP contribution < -0.4 is 11.1 Å². The molecule has 0 aliphatic carbocycles. The van der Waals surface area contributed by atoms with Crippen molar-refractivity contribution in [1.82, 2.24) is 0 Å². The van der Waals surface area contributed by atoms with Gasteiger partial charge in [0, 0.05) is 11.4 Å². The van der Waals surface area contributed by atoms with Crippen LogP contribution in [0.2, 0.25) is 0 Å². The van der Waals surface area contributed by atoms with Crippen LogP contribution >= 0.6 is 0 Å². The van der Waals surface area contributed by atoms with Crippen LogP contribution in [0.4, 0.5) is 20.2 Å². The van der Waals surface area contributed by atoms with Gasteiger partial charge in [-0.2, -0.15) is 0 Å². The van der Waals surface area contributed by atoms with E-state index in [9.17, 15) is 13.6 Å². The van der Waals surface area contributed by atoms with Gasteiger partial charge in [-0.15, -0.1) is 0 Å². The summed E-state index contributed by atoms with van der Waals surface area (Å²) in [5.74, 6) is -1.85. The molecule has 0 atom stereocenters. The molecule has 0 radical (unpaired) electrons. The molecular formula is C14H12F2N2O. The predicted molar refractivity (Wildman–Crippen MR) is 69.9 cm³/mol. The quantitative estimate of drug-likeness (QED) is 0.817. The van der Waals surface area contributed by atoms with Crippen molar-refractivity contribution < 1.29 is 13.6 Å². The van der Waals surface area contributed by atoms with E-state index in [-0.39, 0.29) is 16.9 Å². The van der Waals surface area contributed by atoms with Gasteiger partial charge in [0.15, 0.2) is 0 Å². The highest BCUT2D eigenvalue weighted by atomic mass is 19.1. The Hall–Kier alpha value is -2.43. The van der Waals surface area contributed by atoms with Crippen molar-refractivity contribution >= 4 is 17.3 Å². The number of nitrogens with two attached hydrogens (primary N) is 1. The van der Waals surface area contributed by atoms with E-state index in [0.717, 1.165) is 17.7 Å². The molecule has 5 heteroatoms. The summed E-state index contributed by atoms with van der Waals surface area (Å²) in [5, 5.41) is 2.41. The van der Waals surface area contributed by atoms with E-state index in [1.165, 1.54) is 18.2 Å². The number of aryl methyl sites for hydroxylation is 1. The number of nitrogen functional groups attached to an aromatic ring is 1. The first-order chi connectivity index (χ1) is 8.95. The first kappa shape index (κ1) is 13.0. The molecule has 2 aromatic carbocycles. The molecule has 0 aliphatic heterocycles. The van der Waals surface area contributed by atoms with Crippen LogP contribution in [0.3, 0.4) is 0 Å². The first-order valence-corrected chi connectivity index (χ1v) is 5.59. The molecule has 2 rings (SSSR count). The Balaban J connectivity index is 2.28. The van der Waals surface area contributed by atoms with Crippen molar-refractivity contribution in [2.75, 3.05) is 11.1 Å². The standard InChI is InChI=1S/C14H12F2N2O/c1-8-2-3-13(16)12(4-8)14(19)18-11-6-9(15)5-10(17)7-11/h2-7H,17H2,1H3,(H,18,19). The van der Waals surface area contributed by atoms with Gasteiger partial charge in [-0.05, 0) is 37.3 Å². The molecule has 3 N–H and O–H groups in total. The fourth-order valence-electron chi connectivity index (χ4n) is 1.70. The van der Waals surface area contributed by atoms with E-state index >= 15 is 0 Å². The third kappa shape index (κ3) is 3.07. The van der Waals surface area contributed by atoms with Crippen LogP contribution in [0, 0.1) is 18.6 Å². The van der Waals surface area contributed by atoms with Gasteiger partial charge in [0.1, 0.15) is 11.6 Å². The molecule has 2 aromatic rings. The molecule has 0 aromatic heterocycles. The first-order valence-electron chi connectivity index (χ1n) is 5.59. The van der Waals surface area contributed by atoms with E-state index in [2.05, 4.69) is 5.32 Å². The van der Waals surface area contributed by atoms with Crippen LogP contribution in [-0.2, 0) is 0 Å². The molecule has 3 nitrogen and oxygen atoms in total. The fourth-order valence-corrected chi connectivity index (χ4v) is 1.70. The van der Waals surface area contributed by atoms with Gasteiger partial charge >= 0.3 is 0 Å². The number of hydrogen-bond donors (Lipinski definition) is 2. The highest BCUT2D eigenvalue weighted by molar-refractivity contribution is 6.04. The molecule has 0 aliphatic rings. The van der Waals surface area contributed by atoms with Crippen LogP contribution in [0.25, 0.3) is 0 Å². The zero-order chi connectivity index (χ0) is 14.0. The maximum absolute atomic E-state index is 13.5. The fraction of sp³-hybridized carbons (Fsp3) is 0.0714. The SMILES string of the molecule is Cc1ccc(F)c(C(=O)Nc2cc(N)cc(F)c2)c1. The Bertz CT molecular complexity index is 621. The van der Waals surface area contributed by atoms with Gasteiger partial charge in [0.2, 0.25) is 0 Å². The molecule has 98 valence electrons. The monoisotopic (exact) mass is 262 g/mol. The number of halogens is 2. The van der Waals surface area contributed by atoms with Crippen LogP contribution in [-0.4, -0.2) is 5.91 Å². The highest BCUT2D eigenvalue weighted by Crippen LogP contribution is 2.17. The van der Waals surface area contributed by atoms with E-state index in [0.29, 0.717) is 0 Å². The lowest BCUT2D eigenvalue weighted by atomic mass is 10.1. The summed E-state index contributed by atoms with van der Waals surface area (Å²) in [7, 11) is 0. The van der Waals surface area contributed by atoms with Gasteiger partial charge in [0.25, 0.3) is 5.91 Å². The molecule has 0 bridgehead atoms. The Morgan fingerprint density at radius 2 is 1.89 bits per heavy atom. The largest absolute Gasteiger partial charge is 0.399 e. The van der Waals surface area contributed by atoms with Crippen LogP contribution in [0.5, 0.6) is 0 Å². The normalized spacial score (nSPS) is 10.3. The molecule has 0 saturated carbocycles. The summed E-state index contributed by atoms with van der Waals surface area (Å²) in [6.07, 6.45) is 0. The van der Waals surface area contributed by atoms with E-state index in [4.69, 9.17) is 5.73 Å². The maximum atomic E-state index is 13.5. The minimum Gasteiger partial charge on any atom is -0.399 e. The predicted octanol–water partition coefficient (Wildman–Crippen LogP) is 3.11. The van der Waals surface area contributed by atoms with Crippen LogP contribution in [0.15, 0.2) is 36.4 Å². The molecule has 0 unspecified atom stereocenters. The zero-order valence-electron chi connectivity index (χ0n) is 10.2. The van der Waals surface area contributed by atoms with Gasteiger partial charge in [-0.1, -0.05) is 11.6 Å². The Labute approximate surface area is 109 Å². The van der Waals surface area contributed by atoms with E-state index < -0.39 is 17.5 Å². The molecule has 19 heavy (non-hydrogen) atoms. The molecule has 0 heterocycles. The molecule has 1 amide bonds. The number of rotatable bonds is 2. The number of amides is 1. The lowest BCUT2D eigenvalue weighted by Crippen LogP contribution is -2.14. The van der Waals surface area contributed by atoms with Crippen molar-refractivity contribution in [3.05, 3.63) is 59.2 Å². The number of carbonyl (C=O) groups excluding carboxylic acids is 1. The smallest absolute Gasteiger partial charge is 0.258 e. The topological polar surface area (TPSA) is 55.1 Å². The van der Waals surface area contributed by atoms with Gasteiger partial charge in [-0.3, -0.25) is 4.79 Å². The summed E-state index contributed by atoms with van der Waals surface area (Å²) < 4.78 is 26.6. The van der Waals surface area contributed by atoms with Gasteiger partial charge in [0.05, 0.1) is 5.56 Å². The van der Waals surface area contributed by atoms with Crippen LogP contribution in [0.1, 0.15) is 15.9 Å². The van der Waals surface area contributed by atoms with Crippen molar-refractivity contribution in [3.8, 4) is 0 Å². The zero-order valence-corrected chi connectivity index (χ0v) is 10.2. The third-order valence-corrected chi connectivity index (χ3v) is 2.54. The molecule has 0 spiro atoms. The summed E-state index contributed by atoms with van der Waals surface area (Å²) in [5.41, 5.74) is 6.49. The summed E-state index contributed by atoms with van der Waals surface area (Å²) >= 11 is 0. The van der Waals surface area contributed by atoms with Crippen molar-refractivity contribution in [2.24, 2.45) is 0 Å². The summed E-state index contributed by atoms with van der Waals surface area (Å²) in [6.45, 7) is 1.75. The average Bonchev–Trinajstić information content (AvgIpc) is 2.30. The summed E-state index contributed by atoms with van der Waals surface area (Å²) in [6, 6.07) is 7.84.